The maximum Gasteiger partial charge on any atom is 0.272 e. The Morgan fingerprint density at radius 2 is 1.52 bits per heavy atom. The molecule has 0 aliphatic carbocycles. The Bertz CT molecular complexity index is 1270. The van der Waals surface area contributed by atoms with E-state index in [1.807, 2.05) is 59.5 Å². The largest absolute Gasteiger partial charge is 0.366 e. The van der Waals surface area contributed by atoms with Crippen molar-refractivity contribution in [1.82, 2.24) is 14.7 Å². The van der Waals surface area contributed by atoms with Crippen molar-refractivity contribution in [1.29, 1.82) is 0 Å². The lowest BCUT2D eigenvalue weighted by Crippen LogP contribution is -2.49. The molecule has 2 heterocycles. The van der Waals surface area contributed by atoms with E-state index in [1.165, 1.54) is 6.07 Å². The molecule has 1 aromatic heterocycles. The lowest BCUT2D eigenvalue weighted by molar-refractivity contribution is 0.0737. The van der Waals surface area contributed by atoms with Crippen LogP contribution in [0.5, 0.6) is 0 Å². The van der Waals surface area contributed by atoms with Gasteiger partial charge in [-0.15, -0.1) is 0 Å². The van der Waals surface area contributed by atoms with Crippen LogP contribution in [0.4, 0.5) is 10.1 Å². The van der Waals surface area contributed by atoms with Gasteiger partial charge in [0.2, 0.25) is 0 Å². The molecule has 1 aliphatic heterocycles. The summed E-state index contributed by atoms with van der Waals surface area (Å²) < 4.78 is 15.9. The van der Waals surface area contributed by atoms with Crippen molar-refractivity contribution in [2.24, 2.45) is 0 Å². The van der Waals surface area contributed by atoms with Gasteiger partial charge in [0, 0.05) is 36.8 Å². The third kappa shape index (κ3) is 4.34. The average Bonchev–Trinajstić information content (AvgIpc) is 3.31. The minimum Gasteiger partial charge on any atom is -0.366 e. The first-order valence-corrected chi connectivity index (χ1v) is 11.2. The van der Waals surface area contributed by atoms with Gasteiger partial charge in [0.25, 0.3) is 5.91 Å². The first-order valence-electron chi connectivity index (χ1n) is 10.8. The van der Waals surface area contributed by atoms with Gasteiger partial charge in [0.05, 0.1) is 17.1 Å². The summed E-state index contributed by atoms with van der Waals surface area (Å²) in [5, 5.41) is 5.35. The fraction of sp³-hybridized carbons (Fsp3) is 0.154. The molecule has 1 amide bonds. The number of nitrogens with zero attached hydrogens (tertiary/aromatic N) is 4. The first kappa shape index (κ1) is 21.2. The Morgan fingerprint density at radius 1 is 0.848 bits per heavy atom. The summed E-state index contributed by atoms with van der Waals surface area (Å²) in [5.74, 6) is -0.349. The van der Waals surface area contributed by atoms with Gasteiger partial charge in [-0.3, -0.25) is 4.79 Å². The molecule has 0 atom stereocenters. The second-order valence-corrected chi connectivity index (χ2v) is 8.34. The number of rotatable bonds is 4. The quantitative estimate of drug-likeness (QED) is 0.415. The fourth-order valence-electron chi connectivity index (χ4n) is 4.08. The molecule has 0 radical (unpaired) electrons. The van der Waals surface area contributed by atoms with E-state index in [1.54, 1.807) is 33.8 Å². The van der Waals surface area contributed by atoms with E-state index in [2.05, 4.69) is 0 Å². The van der Waals surface area contributed by atoms with Gasteiger partial charge in [-0.2, -0.15) is 5.10 Å². The number of anilines is 1. The van der Waals surface area contributed by atoms with Crippen LogP contribution >= 0.6 is 11.6 Å². The highest BCUT2D eigenvalue weighted by molar-refractivity contribution is 6.30. The number of benzene rings is 3. The second kappa shape index (κ2) is 9.08. The molecule has 1 fully saturated rings. The maximum absolute atomic E-state index is 14.2. The molecule has 3 aromatic carbocycles. The molecule has 0 saturated carbocycles. The molecule has 1 aliphatic rings. The number of hydrogen-bond donors (Lipinski definition) is 0. The molecule has 0 unspecified atom stereocenters. The van der Waals surface area contributed by atoms with Crippen LogP contribution in [0.3, 0.4) is 0 Å². The van der Waals surface area contributed by atoms with Crippen molar-refractivity contribution >= 4 is 23.2 Å². The Hall–Kier alpha value is -3.64. The summed E-state index contributed by atoms with van der Waals surface area (Å²) >= 11 is 6.06. The van der Waals surface area contributed by atoms with Gasteiger partial charge in [-0.1, -0.05) is 54.1 Å². The number of aromatic nitrogens is 2. The van der Waals surface area contributed by atoms with E-state index >= 15 is 0 Å². The standard InChI is InChI=1S/C26H22ClFN4O/c27-20-10-12-21(13-11-20)32-25(18-23(29-32)19-6-2-1-3-7-19)26(33)31-16-14-30(15-17-31)24-9-5-4-8-22(24)28/h1-13,18H,14-17H2. The number of amides is 1. The van der Waals surface area contributed by atoms with E-state index in [0.29, 0.717) is 42.6 Å². The predicted octanol–water partition coefficient (Wildman–Crippen LogP) is 5.29. The van der Waals surface area contributed by atoms with Gasteiger partial charge in [0.15, 0.2) is 0 Å². The predicted molar refractivity (Wildman–Crippen MR) is 129 cm³/mol. The minimum atomic E-state index is -0.245. The van der Waals surface area contributed by atoms with Crippen molar-refractivity contribution in [2.75, 3.05) is 31.1 Å². The van der Waals surface area contributed by atoms with Crippen LogP contribution in [0.2, 0.25) is 5.02 Å². The number of halogens is 2. The Labute approximate surface area is 196 Å². The Morgan fingerprint density at radius 3 is 2.21 bits per heavy atom. The smallest absolute Gasteiger partial charge is 0.272 e. The van der Waals surface area contributed by atoms with E-state index < -0.39 is 0 Å². The molecule has 5 nitrogen and oxygen atoms in total. The molecule has 33 heavy (non-hydrogen) atoms. The summed E-state index contributed by atoms with van der Waals surface area (Å²) in [6, 6.07) is 25.6. The lowest BCUT2D eigenvalue weighted by Gasteiger charge is -2.36. The van der Waals surface area contributed by atoms with Gasteiger partial charge in [0.1, 0.15) is 11.5 Å². The Kier molecular flexibility index (Phi) is 5.84. The summed E-state index contributed by atoms with van der Waals surface area (Å²) in [5.41, 5.74) is 3.47. The number of carbonyl (C=O) groups excluding carboxylic acids is 1. The highest BCUT2D eigenvalue weighted by atomic mass is 35.5. The number of hydrogen-bond acceptors (Lipinski definition) is 3. The van der Waals surface area contributed by atoms with Gasteiger partial charge >= 0.3 is 0 Å². The number of carbonyl (C=O) groups is 1. The van der Waals surface area contributed by atoms with E-state index in [9.17, 15) is 9.18 Å². The summed E-state index contributed by atoms with van der Waals surface area (Å²) in [7, 11) is 0. The van der Waals surface area contributed by atoms with Crippen LogP contribution in [-0.4, -0.2) is 46.8 Å². The van der Waals surface area contributed by atoms with E-state index in [-0.39, 0.29) is 11.7 Å². The fourth-order valence-corrected chi connectivity index (χ4v) is 4.21. The molecule has 0 bridgehead atoms. The molecular formula is C26H22ClFN4O. The molecule has 5 rings (SSSR count). The van der Waals surface area contributed by atoms with Crippen LogP contribution in [0.25, 0.3) is 16.9 Å². The van der Waals surface area contributed by atoms with Gasteiger partial charge in [-0.25, -0.2) is 9.07 Å². The topological polar surface area (TPSA) is 41.4 Å². The molecular weight excluding hydrogens is 439 g/mol. The van der Waals surface area contributed by atoms with Crippen LogP contribution in [-0.2, 0) is 0 Å². The zero-order valence-corrected chi connectivity index (χ0v) is 18.6. The summed E-state index contributed by atoms with van der Waals surface area (Å²) in [4.78, 5) is 17.3. The number of piperazine rings is 1. The van der Waals surface area contributed by atoms with Gasteiger partial charge < -0.3 is 9.80 Å². The van der Waals surface area contributed by atoms with Gasteiger partial charge in [-0.05, 0) is 42.5 Å². The molecule has 1 saturated heterocycles. The monoisotopic (exact) mass is 460 g/mol. The molecule has 7 heteroatoms. The second-order valence-electron chi connectivity index (χ2n) is 7.90. The molecule has 4 aromatic rings. The third-order valence-corrected chi connectivity index (χ3v) is 6.08. The van der Waals surface area contributed by atoms with Crippen molar-refractivity contribution in [3.63, 3.8) is 0 Å². The highest BCUT2D eigenvalue weighted by Gasteiger charge is 2.27. The highest BCUT2D eigenvalue weighted by Crippen LogP contribution is 2.25. The first-order chi connectivity index (χ1) is 16.1. The van der Waals surface area contributed by atoms with Crippen molar-refractivity contribution in [2.45, 2.75) is 0 Å². The van der Waals surface area contributed by atoms with Crippen molar-refractivity contribution in [3.05, 3.63) is 101 Å². The Balaban J connectivity index is 1.43. The third-order valence-electron chi connectivity index (χ3n) is 5.83. The average molecular weight is 461 g/mol. The van der Waals surface area contributed by atoms with Crippen LogP contribution < -0.4 is 4.90 Å². The van der Waals surface area contributed by atoms with Crippen LogP contribution in [0, 0.1) is 5.82 Å². The minimum absolute atomic E-state index is 0.104. The molecule has 0 spiro atoms. The zero-order valence-electron chi connectivity index (χ0n) is 17.9. The normalized spacial score (nSPS) is 13.9. The lowest BCUT2D eigenvalue weighted by atomic mass is 10.1. The van der Waals surface area contributed by atoms with Crippen molar-refractivity contribution < 1.29 is 9.18 Å². The molecule has 0 N–H and O–H groups in total. The van der Waals surface area contributed by atoms with Crippen LogP contribution in [0.1, 0.15) is 10.5 Å². The SMILES string of the molecule is O=C(c1cc(-c2ccccc2)nn1-c1ccc(Cl)cc1)N1CCN(c2ccccc2F)CC1. The maximum atomic E-state index is 14.2. The zero-order chi connectivity index (χ0) is 22.8. The number of para-hydroxylation sites is 1. The molecule has 166 valence electrons. The van der Waals surface area contributed by atoms with Crippen molar-refractivity contribution in [3.8, 4) is 16.9 Å². The van der Waals surface area contributed by atoms with E-state index in [0.717, 1.165) is 16.9 Å². The summed E-state index contributed by atoms with van der Waals surface area (Å²) in [6.07, 6.45) is 0. The van der Waals surface area contributed by atoms with E-state index in [4.69, 9.17) is 16.7 Å². The van der Waals surface area contributed by atoms with Crippen LogP contribution in [0.15, 0.2) is 84.9 Å². The summed E-state index contributed by atoms with van der Waals surface area (Å²) in [6.45, 7) is 2.12.